The molecule has 45 heavy (non-hydrogen) atoms. The SMILES string of the molecule is Nc1cc(N)cc(C(=O)OCCCCCOC(=O)C=Cc2ccc(OC(=O)c3ccc(OCCCCC(F)(F)F)cc3)cc2)c1. The first-order valence-corrected chi connectivity index (χ1v) is 14.3. The first-order chi connectivity index (χ1) is 21.5. The smallest absolute Gasteiger partial charge is 0.389 e. The summed E-state index contributed by atoms with van der Waals surface area (Å²) in [5.41, 5.74) is 13.4. The molecular weight excluding hydrogens is 593 g/mol. The summed E-state index contributed by atoms with van der Waals surface area (Å²) in [7, 11) is 0. The Morgan fingerprint density at radius 1 is 0.667 bits per heavy atom. The van der Waals surface area contributed by atoms with Gasteiger partial charge in [-0.25, -0.2) is 14.4 Å². The summed E-state index contributed by atoms with van der Waals surface area (Å²) in [6.07, 6.45) is -0.0162. The van der Waals surface area contributed by atoms with Gasteiger partial charge in [0.05, 0.1) is 30.9 Å². The van der Waals surface area contributed by atoms with Crippen LogP contribution in [0.4, 0.5) is 24.5 Å². The van der Waals surface area contributed by atoms with Gasteiger partial charge < -0.3 is 30.4 Å². The maximum absolute atomic E-state index is 12.4. The van der Waals surface area contributed by atoms with Crippen LogP contribution in [0.15, 0.2) is 72.8 Å². The van der Waals surface area contributed by atoms with Crippen LogP contribution in [0.2, 0.25) is 0 Å². The minimum absolute atomic E-state index is 0.0139. The lowest BCUT2D eigenvalue weighted by molar-refractivity contribution is -0.138. The van der Waals surface area contributed by atoms with Gasteiger partial charge in [-0.05, 0) is 98.3 Å². The molecule has 0 heterocycles. The van der Waals surface area contributed by atoms with Crippen molar-refractivity contribution in [1.82, 2.24) is 0 Å². The van der Waals surface area contributed by atoms with Crippen LogP contribution in [-0.4, -0.2) is 43.9 Å². The van der Waals surface area contributed by atoms with Gasteiger partial charge >= 0.3 is 24.1 Å². The number of alkyl halides is 3. The van der Waals surface area contributed by atoms with Crippen molar-refractivity contribution in [2.45, 2.75) is 44.7 Å². The number of carbonyl (C=O) groups excluding carboxylic acids is 3. The van der Waals surface area contributed by atoms with Gasteiger partial charge in [0.2, 0.25) is 0 Å². The van der Waals surface area contributed by atoms with E-state index in [2.05, 4.69) is 0 Å². The van der Waals surface area contributed by atoms with Crippen molar-refractivity contribution >= 4 is 35.4 Å². The van der Waals surface area contributed by atoms with Crippen LogP contribution in [0.1, 0.15) is 64.8 Å². The summed E-state index contributed by atoms with van der Waals surface area (Å²) < 4.78 is 57.7. The Kier molecular flexibility index (Phi) is 13.3. The highest BCUT2D eigenvalue weighted by molar-refractivity contribution is 5.92. The standard InChI is InChI=1S/C33H35F3N2O7/c34-33(35,36)16-2-5-17-42-28-13-9-24(10-14-28)32(41)45-29-11-6-23(7-12-29)8-15-30(39)43-18-3-1-4-19-44-31(40)25-20-26(37)22-27(38)21-25/h6-15,20-22H,1-5,16-19,37-38H2. The first-order valence-electron chi connectivity index (χ1n) is 14.3. The van der Waals surface area contributed by atoms with Crippen molar-refractivity contribution in [2.24, 2.45) is 0 Å². The minimum atomic E-state index is -4.17. The predicted molar refractivity (Wildman–Crippen MR) is 163 cm³/mol. The second-order valence-electron chi connectivity index (χ2n) is 9.99. The zero-order valence-corrected chi connectivity index (χ0v) is 24.5. The molecule has 0 aromatic heterocycles. The number of carbonyl (C=O) groups is 3. The van der Waals surface area contributed by atoms with Gasteiger partial charge in [-0.3, -0.25) is 0 Å². The van der Waals surface area contributed by atoms with Crippen LogP contribution < -0.4 is 20.9 Å². The highest BCUT2D eigenvalue weighted by Crippen LogP contribution is 2.23. The van der Waals surface area contributed by atoms with E-state index >= 15 is 0 Å². The van der Waals surface area contributed by atoms with Crippen molar-refractivity contribution in [1.29, 1.82) is 0 Å². The average Bonchev–Trinajstić information content (AvgIpc) is 2.99. The summed E-state index contributed by atoms with van der Waals surface area (Å²) in [5.74, 6) is -0.871. The Morgan fingerprint density at radius 2 is 1.27 bits per heavy atom. The summed E-state index contributed by atoms with van der Waals surface area (Å²) in [5, 5.41) is 0. The summed E-state index contributed by atoms with van der Waals surface area (Å²) in [4.78, 5) is 36.5. The Balaban J connectivity index is 1.29. The number of unbranched alkanes of at least 4 members (excludes halogenated alkanes) is 3. The summed E-state index contributed by atoms with van der Waals surface area (Å²) in [6, 6.07) is 17.1. The molecule has 0 atom stereocenters. The lowest BCUT2D eigenvalue weighted by Gasteiger charge is -2.09. The van der Waals surface area contributed by atoms with Crippen LogP contribution in [0.3, 0.4) is 0 Å². The molecule has 0 radical (unpaired) electrons. The first kappa shape index (κ1) is 34.5. The van der Waals surface area contributed by atoms with E-state index < -0.39 is 30.5 Å². The monoisotopic (exact) mass is 628 g/mol. The molecule has 0 amide bonds. The van der Waals surface area contributed by atoms with Crippen LogP contribution in [-0.2, 0) is 14.3 Å². The number of ether oxygens (including phenoxy) is 4. The maximum atomic E-state index is 12.4. The number of esters is 3. The Bertz CT molecular complexity index is 1420. The largest absolute Gasteiger partial charge is 0.494 e. The third kappa shape index (κ3) is 13.5. The second-order valence-corrected chi connectivity index (χ2v) is 9.99. The third-order valence-electron chi connectivity index (χ3n) is 6.20. The maximum Gasteiger partial charge on any atom is 0.389 e. The van der Waals surface area contributed by atoms with Gasteiger partial charge in [0.15, 0.2) is 0 Å². The topological polar surface area (TPSA) is 140 Å². The summed E-state index contributed by atoms with van der Waals surface area (Å²) in [6.45, 7) is 0.572. The molecule has 0 saturated heterocycles. The molecule has 0 bridgehead atoms. The molecule has 0 aliphatic heterocycles. The average molecular weight is 629 g/mol. The minimum Gasteiger partial charge on any atom is -0.494 e. The van der Waals surface area contributed by atoms with Crippen LogP contribution in [0.25, 0.3) is 6.08 Å². The molecule has 0 aliphatic rings. The van der Waals surface area contributed by atoms with Gasteiger partial charge in [-0.2, -0.15) is 13.2 Å². The Hall–Kier alpha value is -5.00. The zero-order valence-electron chi connectivity index (χ0n) is 24.5. The molecule has 0 saturated carbocycles. The Morgan fingerprint density at radius 3 is 1.91 bits per heavy atom. The predicted octanol–water partition coefficient (Wildman–Crippen LogP) is 6.77. The van der Waals surface area contributed by atoms with Crippen LogP contribution >= 0.6 is 0 Å². The fraction of sp³-hybridized carbons (Fsp3) is 0.303. The third-order valence-corrected chi connectivity index (χ3v) is 6.20. The van der Waals surface area contributed by atoms with E-state index in [1.165, 1.54) is 30.3 Å². The van der Waals surface area contributed by atoms with Gasteiger partial charge in [0.25, 0.3) is 0 Å². The number of rotatable bonds is 16. The number of hydrogen-bond donors (Lipinski definition) is 2. The zero-order chi connectivity index (χ0) is 32.7. The van der Waals surface area contributed by atoms with Crippen molar-refractivity contribution in [2.75, 3.05) is 31.3 Å². The number of hydrogen-bond acceptors (Lipinski definition) is 9. The summed E-state index contributed by atoms with van der Waals surface area (Å²) >= 11 is 0. The Labute approximate surface area is 258 Å². The highest BCUT2D eigenvalue weighted by Gasteiger charge is 2.25. The van der Waals surface area contributed by atoms with Crippen molar-refractivity contribution < 1.29 is 46.5 Å². The number of halogens is 3. The molecular formula is C33H35F3N2O7. The second kappa shape index (κ2) is 17.3. The molecule has 9 nitrogen and oxygen atoms in total. The van der Waals surface area contributed by atoms with E-state index in [0.29, 0.717) is 53.3 Å². The van der Waals surface area contributed by atoms with E-state index in [-0.39, 0.29) is 38.2 Å². The molecule has 3 aromatic rings. The van der Waals surface area contributed by atoms with Gasteiger partial charge in [-0.1, -0.05) is 12.1 Å². The van der Waals surface area contributed by atoms with Gasteiger partial charge in [-0.15, -0.1) is 0 Å². The van der Waals surface area contributed by atoms with Gasteiger partial charge in [0.1, 0.15) is 11.5 Å². The molecule has 4 N–H and O–H groups in total. The van der Waals surface area contributed by atoms with E-state index in [0.717, 1.165) is 0 Å². The number of nitrogen functional groups attached to an aromatic ring is 2. The van der Waals surface area contributed by atoms with Crippen molar-refractivity contribution in [3.8, 4) is 11.5 Å². The van der Waals surface area contributed by atoms with Crippen molar-refractivity contribution in [3.63, 3.8) is 0 Å². The van der Waals surface area contributed by atoms with E-state index in [1.807, 2.05) is 0 Å². The molecule has 0 unspecified atom stereocenters. The van der Waals surface area contributed by atoms with E-state index in [1.54, 1.807) is 48.5 Å². The van der Waals surface area contributed by atoms with Gasteiger partial charge in [0, 0.05) is 23.9 Å². The molecule has 3 aromatic carbocycles. The molecule has 3 rings (SSSR count). The quantitative estimate of drug-likeness (QED) is 0.0578. The molecule has 240 valence electrons. The highest BCUT2D eigenvalue weighted by atomic mass is 19.4. The van der Waals surface area contributed by atoms with Crippen LogP contribution in [0, 0.1) is 0 Å². The van der Waals surface area contributed by atoms with E-state index in [4.69, 9.17) is 30.4 Å². The normalized spacial score (nSPS) is 11.3. The lowest BCUT2D eigenvalue weighted by atomic mass is 10.2. The molecule has 0 fully saturated rings. The van der Waals surface area contributed by atoms with Crippen LogP contribution in [0.5, 0.6) is 11.5 Å². The number of nitrogens with two attached hydrogens (primary N) is 2. The number of anilines is 2. The number of benzene rings is 3. The molecule has 12 heteroatoms. The van der Waals surface area contributed by atoms with Crippen molar-refractivity contribution in [3.05, 3.63) is 89.5 Å². The fourth-order valence-corrected chi connectivity index (χ4v) is 3.93. The molecule has 0 spiro atoms. The lowest BCUT2D eigenvalue weighted by Crippen LogP contribution is -2.09. The fourth-order valence-electron chi connectivity index (χ4n) is 3.93. The molecule has 0 aliphatic carbocycles. The van der Waals surface area contributed by atoms with E-state index in [9.17, 15) is 27.6 Å².